The van der Waals surface area contributed by atoms with E-state index in [4.69, 9.17) is 16.3 Å². The average molecular weight is 619 g/mol. The summed E-state index contributed by atoms with van der Waals surface area (Å²) >= 11 is 6.25. The topological polar surface area (TPSA) is 108 Å². The predicted octanol–water partition coefficient (Wildman–Crippen LogP) is 4.80. The molecular formula is C31H47ClN6O3S. The van der Waals surface area contributed by atoms with Gasteiger partial charge in [-0.05, 0) is 73.6 Å². The van der Waals surface area contributed by atoms with Crippen molar-refractivity contribution in [2.75, 3.05) is 13.2 Å². The van der Waals surface area contributed by atoms with Gasteiger partial charge in [0.2, 0.25) is 10.0 Å². The fraction of sp³-hybridized carbons (Fsp3) is 0.677. The standard InChI is InChI=1S/C31H47ClN6O3S/c1-20-8-6-9-21(2)29(20)25-15-28-36-30(34-25)37-42(39,40)24-11-7-10-22(14-24)17-38(18-27-33-13-12-26(32)35-27)23(19-41-28)16-31(3,4)5/h6,8-9,12-13,22-25,28,30,34,36-37H,7,10-11,14-19H2,1-5H3/t22?,23-,24?,25?,28?,30?/m1/s1. The number of hydrogen-bond acceptors (Lipinski definition) is 8. The lowest BCUT2D eigenvalue weighted by Gasteiger charge is -2.40. The highest BCUT2D eigenvalue weighted by Crippen LogP contribution is 2.34. The van der Waals surface area contributed by atoms with E-state index in [1.165, 1.54) is 16.7 Å². The summed E-state index contributed by atoms with van der Waals surface area (Å²) in [7, 11) is -3.59. The number of sulfonamides is 1. The molecule has 3 N–H and O–H groups in total. The molecule has 6 atom stereocenters. The number of nitrogens with zero attached hydrogens (tertiary/aromatic N) is 3. The number of fused-ring (bicyclic) bond motifs is 4. The van der Waals surface area contributed by atoms with Crippen LogP contribution in [0.3, 0.4) is 0 Å². The van der Waals surface area contributed by atoms with Crippen LogP contribution in [0.2, 0.25) is 5.15 Å². The molecule has 42 heavy (non-hydrogen) atoms. The Morgan fingerprint density at radius 3 is 2.57 bits per heavy atom. The van der Waals surface area contributed by atoms with Gasteiger partial charge >= 0.3 is 0 Å². The molecule has 5 unspecified atom stereocenters. The van der Waals surface area contributed by atoms with Crippen molar-refractivity contribution in [3.8, 4) is 0 Å². The molecule has 0 spiro atoms. The molecule has 1 aromatic heterocycles. The molecule has 3 heterocycles. The van der Waals surface area contributed by atoms with Gasteiger partial charge in [-0.2, -0.15) is 4.72 Å². The minimum absolute atomic E-state index is 0.0559. The highest BCUT2D eigenvalue weighted by molar-refractivity contribution is 7.90. The van der Waals surface area contributed by atoms with Crippen LogP contribution in [0.15, 0.2) is 30.5 Å². The van der Waals surface area contributed by atoms with Gasteiger partial charge in [-0.25, -0.2) is 18.4 Å². The lowest BCUT2D eigenvalue weighted by atomic mass is 9.85. The van der Waals surface area contributed by atoms with Gasteiger partial charge in [0, 0.05) is 31.2 Å². The number of ether oxygens (including phenoxy) is 1. The SMILES string of the molecule is Cc1cccc(C)c1C1CC2NC(N1)NS(=O)(=O)C1CCCC(C1)CN(Cc1nccc(Cl)n1)[C@H](CC(C)(C)C)CO2. The first-order chi connectivity index (χ1) is 19.9. The van der Waals surface area contributed by atoms with Crippen LogP contribution in [0.1, 0.15) is 87.9 Å². The Balaban J connectivity index is 1.50. The lowest BCUT2D eigenvalue weighted by molar-refractivity contribution is -0.0518. The Morgan fingerprint density at radius 2 is 1.86 bits per heavy atom. The van der Waals surface area contributed by atoms with E-state index in [1.807, 2.05) is 0 Å². The first-order valence-electron chi connectivity index (χ1n) is 15.3. The zero-order valence-corrected chi connectivity index (χ0v) is 27.1. The first kappa shape index (κ1) is 31.8. The second-order valence-corrected chi connectivity index (χ2v) is 16.0. The van der Waals surface area contributed by atoms with Crippen molar-refractivity contribution in [3.05, 3.63) is 58.1 Å². The smallest absolute Gasteiger partial charge is 0.216 e. The molecule has 1 saturated carbocycles. The Hall–Kier alpha value is -1.66. The third-order valence-corrected chi connectivity index (χ3v) is 11.0. The number of aryl methyl sites for hydroxylation is 2. The van der Waals surface area contributed by atoms with Gasteiger partial charge in [-0.3, -0.25) is 15.5 Å². The highest BCUT2D eigenvalue weighted by Gasteiger charge is 2.39. The maximum atomic E-state index is 13.8. The Kier molecular flexibility index (Phi) is 9.93. The van der Waals surface area contributed by atoms with Crippen LogP contribution in [0.25, 0.3) is 0 Å². The molecule has 2 aliphatic heterocycles. The fourth-order valence-corrected chi connectivity index (χ4v) is 8.84. The number of benzene rings is 1. The fourth-order valence-electron chi connectivity index (χ4n) is 7.03. The molecule has 11 heteroatoms. The number of rotatable bonds is 4. The largest absolute Gasteiger partial charge is 0.362 e. The quantitative estimate of drug-likeness (QED) is 0.420. The van der Waals surface area contributed by atoms with Crippen LogP contribution >= 0.6 is 11.6 Å². The van der Waals surface area contributed by atoms with E-state index in [2.05, 4.69) is 83.0 Å². The van der Waals surface area contributed by atoms with Gasteiger partial charge in [0.25, 0.3) is 0 Å². The summed E-state index contributed by atoms with van der Waals surface area (Å²) < 4.78 is 37.2. The van der Waals surface area contributed by atoms with Crippen LogP contribution in [-0.4, -0.2) is 60.2 Å². The van der Waals surface area contributed by atoms with Crippen LogP contribution in [0.5, 0.6) is 0 Å². The predicted molar refractivity (Wildman–Crippen MR) is 166 cm³/mol. The minimum Gasteiger partial charge on any atom is -0.362 e. The van der Waals surface area contributed by atoms with Crippen molar-refractivity contribution in [1.82, 2.24) is 30.2 Å². The minimum atomic E-state index is -3.59. The van der Waals surface area contributed by atoms with Crippen LogP contribution in [0.4, 0.5) is 0 Å². The van der Waals surface area contributed by atoms with Gasteiger partial charge in [-0.1, -0.05) is 57.0 Å². The lowest BCUT2D eigenvalue weighted by Crippen LogP contribution is -2.64. The van der Waals surface area contributed by atoms with Gasteiger partial charge < -0.3 is 4.74 Å². The Labute approximate surface area is 256 Å². The van der Waals surface area contributed by atoms with Gasteiger partial charge in [0.1, 0.15) is 23.5 Å². The van der Waals surface area contributed by atoms with Crippen LogP contribution < -0.4 is 15.4 Å². The van der Waals surface area contributed by atoms with Crippen molar-refractivity contribution in [3.63, 3.8) is 0 Å². The molecule has 0 amide bonds. The number of aromatic nitrogens is 2. The van der Waals surface area contributed by atoms with E-state index in [-0.39, 0.29) is 29.6 Å². The van der Waals surface area contributed by atoms with E-state index >= 15 is 0 Å². The summed E-state index contributed by atoms with van der Waals surface area (Å²) in [5.41, 5.74) is 3.62. The van der Waals surface area contributed by atoms with Gasteiger partial charge in [0.05, 0.1) is 18.4 Å². The molecule has 4 bridgehead atoms. The normalized spacial score (nSPS) is 31.0. The van der Waals surface area contributed by atoms with Crippen LogP contribution in [0, 0.1) is 25.2 Å². The summed E-state index contributed by atoms with van der Waals surface area (Å²) in [6.07, 6.45) is 5.50. The van der Waals surface area contributed by atoms with E-state index in [0.717, 1.165) is 25.8 Å². The molecule has 0 radical (unpaired) electrons. The molecule has 1 aliphatic carbocycles. The van der Waals surface area contributed by atoms with Crippen molar-refractivity contribution >= 4 is 21.6 Å². The summed E-state index contributed by atoms with van der Waals surface area (Å²) in [6, 6.07) is 8.00. The molecule has 2 aromatic rings. The third-order valence-electron chi connectivity index (χ3n) is 8.88. The van der Waals surface area contributed by atoms with Crippen molar-refractivity contribution in [2.24, 2.45) is 11.3 Å². The molecule has 232 valence electrons. The number of halogens is 1. The average Bonchev–Trinajstić information content (AvgIpc) is 2.90. The Bertz CT molecular complexity index is 1320. The third kappa shape index (κ3) is 8.08. The Morgan fingerprint density at radius 1 is 1.10 bits per heavy atom. The first-order valence-corrected chi connectivity index (χ1v) is 17.2. The zero-order valence-electron chi connectivity index (χ0n) is 25.6. The number of nitrogens with one attached hydrogen (secondary N) is 3. The van der Waals surface area contributed by atoms with Crippen molar-refractivity contribution in [1.29, 1.82) is 0 Å². The summed E-state index contributed by atoms with van der Waals surface area (Å²) in [5.74, 6) is 0.910. The van der Waals surface area contributed by atoms with E-state index < -0.39 is 21.6 Å². The molecule has 9 nitrogen and oxygen atoms in total. The summed E-state index contributed by atoms with van der Waals surface area (Å²) in [6.45, 7) is 12.8. The maximum Gasteiger partial charge on any atom is 0.216 e. The molecule has 1 aromatic carbocycles. The maximum absolute atomic E-state index is 13.8. The highest BCUT2D eigenvalue weighted by atomic mass is 35.5. The van der Waals surface area contributed by atoms with Crippen LogP contribution in [-0.2, 0) is 21.3 Å². The van der Waals surface area contributed by atoms with Gasteiger partial charge in [0.15, 0.2) is 0 Å². The molecule has 5 rings (SSSR count). The van der Waals surface area contributed by atoms with Crippen molar-refractivity contribution in [2.45, 2.75) is 110 Å². The molecule has 2 saturated heterocycles. The van der Waals surface area contributed by atoms with E-state index in [0.29, 0.717) is 43.4 Å². The second kappa shape index (κ2) is 13.1. The van der Waals surface area contributed by atoms with E-state index in [1.54, 1.807) is 12.3 Å². The van der Waals surface area contributed by atoms with Crippen molar-refractivity contribution < 1.29 is 13.2 Å². The number of hydrogen-bond donors (Lipinski definition) is 3. The molecule has 3 fully saturated rings. The zero-order chi connectivity index (χ0) is 30.1. The summed E-state index contributed by atoms with van der Waals surface area (Å²) in [5, 5.41) is 6.97. The van der Waals surface area contributed by atoms with Gasteiger partial charge in [-0.15, -0.1) is 0 Å². The molecular weight excluding hydrogens is 572 g/mol. The summed E-state index contributed by atoms with van der Waals surface area (Å²) in [4.78, 5) is 11.4. The monoisotopic (exact) mass is 618 g/mol. The van der Waals surface area contributed by atoms with E-state index in [9.17, 15) is 8.42 Å². The second-order valence-electron chi connectivity index (χ2n) is 13.6. The molecule has 3 aliphatic rings.